The van der Waals surface area contributed by atoms with Crippen molar-refractivity contribution in [3.05, 3.63) is 21.2 Å². The average Bonchev–Trinajstić information content (AvgIpc) is 2.33. The van der Waals surface area contributed by atoms with Crippen LogP contribution in [0.4, 0.5) is 5.82 Å². The van der Waals surface area contributed by atoms with Crippen molar-refractivity contribution in [1.82, 2.24) is 9.97 Å². The molecule has 1 aromatic rings. The molecule has 1 aliphatic heterocycles. The molecule has 2 rings (SSSR count). The smallest absolute Gasteiger partial charge is 0.267 e. The maximum atomic E-state index is 11.4. The van der Waals surface area contributed by atoms with Crippen molar-refractivity contribution in [3.8, 4) is 0 Å². The molecule has 1 unspecified atom stereocenters. The predicted molar refractivity (Wildman–Crippen MR) is 71.3 cm³/mol. The molecule has 6 nitrogen and oxygen atoms in total. The largest absolute Gasteiger partial charge is 0.391 e. The molecule has 0 radical (unpaired) electrons. The molecule has 0 saturated carbocycles. The summed E-state index contributed by atoms with van der Waals surface area (Å²) in [5.41, 5.74) is 5.34. The zero-order chi connectivity index (χ0) is 12.4. The van der Waals surface area contributed by atoms with Gasteiger partial charge in [-0.05, 0) is 15.9 Å². The number of anilines is 1. The van der Waals surface area contributed by atoms with Crippen LogP contribution >= 0.6 is 28.1 Å². The number of ether oxygens (including phenoxy) is 1. The molecule has 1 fully saturated rings. The number of morpholine rings is 1. The maximum absolute atomic E-state index is 11.4. The quantitative estimate of drug-likeness (QED) is 0.748. The Bertz CT molecular complexity index is 492. The molecule has 1 aliphatic rings. The number of nitrogens with one attached hydrogen (secondary N) is 1. The molecule has 92 valence electrons. The second-order valence-corrected chi connectivity index (χ2v) is 4.84. The first kappa shape index (κ1) is 12.5. The van der Waals surface area contributed by atoms with Gasteiger partial charge in [0.25, 0.3) is 5.56 Å². The summed E-state index contributed by atoms with van der Waals surface area (Å²) < 4.78 is 5.83. The zero-order valence-corrected chi connectivity index (χ0v) is 11.3. The van der Waals surface area contributed by atoms with Crippen LogP contribution < -0.4 is 16.2 Å². The highest BCUT2D eigenvalue weighted by Gasteiger charge is 2.25. The predicted octanol–water partition coefficient (Wildman–Crippen LogP) is 0.0237. The van der Waals surface area contributed by atoms with Gasteiger partial charge in [-0.1, -0.05) is 12.2 Å². The second-order valence-electron chi connectivity index (χ2n) is 3.58. The number of thiocarbonyl (C=S) groups is 1. The molecular formula is C9H11BrN4O2S. The Morgan fingerprint density at radius 3 is 3.24 bits per heavy atom. The summed E-state index contributed by atoms with van der Waals surface area (Å²) >= 11 is 8.12. The van der Waals surface area contributed by atoms with E-state index in [1.165, 1.54) is 6.33 Å². The minimum absolute atomic E-state index is 0.214. The molecule has 1 atom stereocenters. The van der Waals surface area contributed by atoms with Crippen molar-refractivity contribution >= 4 is 39.0 Å². The third kappa shape index (κ3) is 2.64. The summed E-state index contributed by atoms with van der Waals surface area (Å²) in [6, 6.07) is 0. The lowest BCUT2D eigenvalue weighted by atomic mass is 10.2. The van der Waals surface area contributed by atoms with Gasteiger partial charge in [0, 0.05) is 6.54 Å². The number of H-pyrrole nitrogens is 1. The van der Waals surface area contributed by atoms with E-state index >= 15 is 0 Å². The van der Waals surface area contributed by atoms with E-state index in [0.29, 0.717) is 35.0 Å². The number of hydrogen-bond donors (Lipinski definition) is 2. The van der Waals surface area contributed by atoms with Crippen LogP contribution in [0.5, 0.6) is 0 Å². The van der Waals surface area contributed by atoms with E-state index in [0.717, 1.165) is 0 Å². The Morgan fingerprint density at radius 1 is 1.76 bits per heavy atom. The fourth-order valence-corrected chi connectivity index (χ4v) is 2.22. The van der Waals surface area contributed by atoms with Crippen molar-refractivity contribution in [3.63, 3.8) is 0 Å². The van der Waals surface area contributed by atoms with Crippen LogP contribution in [0.1, 0.15) is 0 Å². The van der Waals surface area contributed by atoms with Crippen LogP contribution in [0.25, 0.3) is 0 Å². The van der Waals surface area contributed by atoms with Crippen LogP contribution in [0.3, 0.4) is 0 Å². The van der Waals surface area contributed by atoms with Gasteiger partial charge in [-0.3, -0.25) is 4.79 Å². The number of nitrogens with two attached hydrogens (primary N) is 1. The number of halogens is 1. The summed E-state index contributed by atoms with van der Waals surface area (Å²) in [6.07, 6.45) is 1.07. The SMILES string of the molecule is NC(=S)C1CN(c2nc[nH]c(=O)c2Br)CCO1. The molecular weight excluding hydrogens is 308 g/mol. The lowest BCUT2D eigenvalue weighted by molar-refractivity contribution is 0.0843. The first-order valence-corrected chi connectivity index (χ1v) is 6.18. The second kappa shape index (κ2) is 5.11. The van der Waals surface area contributed by atoms with Gasteiger partial charge in [0.15, 0.2) is 5.82 Å². The molecule has 8 heteroatoms. The van der Waals surface area contributed by atoms with Crippen molar-refractivity contribution in [2.24, 2.45) is 5.73 Å². The van der Waals surface area contributed by atoms with Crippen LogP contribution in [-0.2, 0) is 4.74 Å². The average molecular weight is 319 g/mol. The number of rotatable bonds is 2. The van der Waals surface area contributed by atoms with Gasteiger partial charge in [-0.2, -0.15) is 0 Å². The van der Waals surface area contributed by atoms with Crippen molar-refractivity contribution in [2.45, 2.75) is 6.10 Å². The summed E-state index contributed by atoms with van der Waals surface area (Å²) in [5.74, 6) is 0.582. The van der Waals surface area contributed by atoms with Crippen molar-refractivity contribution < 1.29 is 4.74 Å². The number of aromatic amines is 1. The fourth-order valence-electron chi connectivity index (χ4n) is 1.61. The van der Waals surface area contributed by atoms with Crippen LogP contribution in [0.15, 0.2) is 15.6 Å². The third-order valence-electron chi connectivity index (χ3n) is 2.46. The van der Waals surface area contributed by atoms with E-state index in [1.807, 2.05) is 4.90 Å². The monoisotopic (exact) mass is 318 g/mol. The lowest BCUT2D eigenvalue weighted by Gasteiger charge is -2.33. The topological polar surface area (TPSA) is 84.2 Å². The van der Waals surface area contributed by atoms with Crippen LogP contribution in [0, 0.1) is 0 Å². The van der Waals surface area contributed by atoms with Gasteiger partial charge < -0.3 is 20.4 Å². The molecule has 1 saturated heterocycles. The Balaban J connectivity index is 2.25. The minimum Gasteiger partial charge on any atom is -0.391 e. The van der Waals surface area contributed by atoms with Crippen LogP contribution in [0.2, 0.25) is 0 Å². The highest BCUT2D eigenvalue weighted by Crippen LogP contribution is 2.21. The third-order valence-corrected chi connectivity index (χ3v) is 3.44. The maximum Gasteiger partial charge on any atom is 0.267 e. The van der Waals surface area contributed by atoms with Gasteiger partial charge in [0.2, 0.25) is 0 Å². The summed E-state index contributed by atoms with van der Waals surface area (Å²) in [7, 11) is 0. The van der Waals surface area contributed by atoms with Crippen molar-refractivity contribution in [2.75, 3.05) is 24.6 Å². The molecule has 1 aromatic heterocycles. The lowest BCUT2D eigenvalue weighted by Crippen LogP contribution is -2.48. The summed E-state index contributed by atoms with van der Waals surface area (Å²) in [5, 5.41) is 0. The molecule has 0 amide bonds. The Morgan fingerprint density at radius 2 is 2.53 bits per heavy atom. The van der Waals surface area contributed by atoms with E-state index in [2.05, 4.69) is 25.9 Å². The molecule has 17 heavy (non-hydrogen) atoms. The molecule has 0 aromatic carbocycles. The fraction of sp³-hybridized carbons (Fsp3) is 0.444. The molecule has 0 bridgehead atoms. The van der Waals surface area contributed by atoms with Gasteiger partial charge in [-0.25, -0.2) is 4.98 Å². The van der Waals surface area contributed by atoms with Gasteiger partial charge in [0.05, 0.1) is 19.5 Å². The first-order valence-electron chi connectivity index (χ1n) is 4.98. The first-order chi connectivity index (χ1) is 8.09. The number of nitrogens with zero attached hydrogens (tertiary/aromatic N) is 2. The van der Waals surface area contributed by atoms with Gasteiger partial charge in [0.1, 0.15) is 15.6 Å². The highest BCUT2D eigenvalue weighted by atomic mass is 79.9. The van der Waals surface area contributed by atoms with E-state index < -0.39 is 0 Å². The Kier molecular flexibility index (Phi) is 3.75. The number of hydrogen-bond acceptors (Lipinski definition) is 5. The summed E-state index contributed by atoms with van der Waals surface area (Å²) in [4.78, 5) is 20.3. The van der Waals surface area contributed by atoms with Crippen molar-refractivity contribution in [1.29, 1.82) is 0 Å². The molecule has 0 aliphatic carbocycles. The molecule has 0 spiro atoms. The normalized spacial score (nSPS) is 20.3. The Labute approximate surface area is 111 Å². The minimum atomic E-state index is -0.299. The van der Waals surface area contributed by atoms with E-state index in [4.69, 9.17) is 22.7 Å². The van der Waals surface area contributed by atoms with Gasteiger partial charge in [-0.15, -0.1) is 0 Å². The van der Waals surface area contributed by atoms with Gasteiger partial charge >= 0.3 is 0 Å². The van der Waals surface area contributed by atoms with E-state index in [9.17, 15) is 4.79 Å². The van der Waals surface area contributed by atoms with E-state index in [-0.39, 0.29) is 11.7 Å². The summed E-state index contributed by atoms with van der Waals surface area (Å²) in [6.45, 7) is 1.65. The molecule has 3 N–H and O–H groups in total. The number of aromatic nitrogens is 2. The Hall–Kier alpha value is -0.990. The van der Waals surface area contributed by atoms with Crippen LogP contribution in [-0.4, -0.2) is 40.8 Å². The highest BCUT2D eigenvalue weighted by molar-refractivity contribution is 9.10. The standard InChI is InChI=1S/C9H11BrN4O2S/c10-6-8(12-4-13-9(6)15)14-1-2-16-5(3-14)7(11)17/h4-5H,1-3H2,(H2,11,17)(H,12,13,15). The zero-order valence-electron chi connectivity index (χ0n) is 8.85. The molecule has 2 heterocycles. The van der Waals surface area contributed by atoms with E-state index in [1.54, 1.807) is 0 Å².